The minimum Gasteiger partial charge on any atom is -0.412 e. The van der Waals surface area contributed by atoms with Crippen molar-refractivity contribution in [2.24, 2.45) is 0 Å². The van der Waals surface area contributed by atoms with Crippen LogP contribution in [0.2, 0.25) is 0 Å². The number of amides is 1. The number of hydrogen-bond donors (Lipinski definition) is 1. The molecule has 0 radical (unpaired) electrons. The van der Waals surface area contributed by atoms with E-state index in [1.54, 1.807) is 12.1 Å². The molecule has 1 aromatic heterocycles. The fourth-order valence-corrected chi connectivity index (χ4v) is 4.36. The molecule has 0 saturated carbocycles. The number of nitrogens with one attached hydrogen (secondary N) is 1. The lowest BCUT2D eigenvalue weighted by molar-refractivity contribution is 0.0905. The Bertz CT molecular complexity index is 886. The Hall–Kier alpha value is -2.26. The molecule has 1 aliphatic rings. The molecule has 0 unspecified atom stereocenters. The van der Waals surface area contributed by atoms with E-state index in [1.165, 1.54) is 16.4 Å². The molecular formula is C18H24N4O4S. The summed E-state index contributed by atoms with van der Waals surface area (Å²) in [5, 5.41) is 10.4. The zero-order valence-electron chi connectivity index (χ0n) is 15.5. The van der Waals surface area contributed by atoms with Gasteiger partial charge in [-0.25, -0.2) is 8.42 Å². The third kappa shape index (κ3) is 4.36. The molecule has 1 atom stereocenters. The van der Waals surface area contributed by atoms with E-state index in [2.05, 4.69) is 15.5 Å². The Morgan fingerprint density at radius 1 is 1.19 bits per heavy atom. The minimum atomic E-state index is -3.48. The molecule has 1 saturated heterocycles. The SMILES string of the molecule is CC[C@H](C)NC(=O)c1nnc(-c2ccc(S(=O)(=O)N3CCCCC3)cc2)o1. The first-order chi connectivity index (χ1) is 12.9. The van der Waals surface area contributed by atoms with Gasteiger partial charge < -0.3 is 9.73 Å². The summed E-state index contributed by atoms with van der Waals surface area (Å²) in [6.45, 7) is 4.96. The van der Waals surface area contributed by atoms with Gasteiger partial charge in [0.25, 0.3) is 0 Å². The van der Waals surface area contributed by atoms with E-state index in [9.17, 15) is 13.2 Å². The molecule has 2 heterocycles. The second-order valence-corrected chi connectivity index (χ2v) is 8.62. The summed E-state index contributed by atoms with van der Waals surface area (Å²) < 4.78 is 32.3. The number of sulfonamides is 1. The first kappa shape index (κ1) is 19.5. The average Bonchev–Trinajstić information content (AvgIpc) is 3.19. The monoisotopic (exact) mass is 392 g/mol. The maximum Gasteiger partial charge on any atom is 0.309 e. The Balaban J connectivity index is 1.75. The van der Waals surface area contributed by atoms with Crippen LogP contribution in [-0.2, 0) is 10.0 Å². The molecule has 1 aliphatic heterocycles. The topological polar surface area (TPSA) is 105 Å². The van der Waals surface area contributed by atoms with Gasteiger partial charge in [0.05, 0.1) is 4.90 Å². The lowest BCUT2D eigenvalue weighted by Gasteiger charge is -2.25. The highest BCUT2D eigenvalue weighted by Crippen LogP contribution is 2.24. The van der Waals surface area contributed by atoms with Gasteiger partial charge in [-0.05, 0) is 50.5 Å². The van der Waals surface area contributed by atoms with E-state index in [4.69, 9.17) is 4.42 Å². The lowest BCUT2D eigenvalue weighted by atomic mass is 10.2. The standard InChI is InChI=1S/C18H24N4O4S/c1-3-13(2)19-16(23)18-21-20-17(26-18)14-7-9-15(10-8-14)27(24,25)22-11-5-4-6-12-22/h7-10,13H,3-6,11-12H2,1-2H3,(H,19,23)/t13-/m0/s1. The summed E-state index contributed by atoms with van der Waals surface area (Å²) in [5.41, 5.74) is 0.558. The van der Waals surface area contributed by atoms with E-state index in [1.807, 2.05) is 13.8 Å². The van der Waals surface area contributed by atoms with Crippen LogP contribution in [0, 0.1) is 0 Å². The summed E-state index contributed by atoms with van der Waals surface area (Å²) in [5.74, 6) is -0.367. The van der Waals surface area contributed by atoms with Crippen molar-refractivity contribution in [3.8, 4) is 11.5 Å². The molecule has 9 heteroatoms. The van der Waals surface area contributed by atoms with Gasteiger partial charge in [-0.2, -0.15) is 4.31 Å². The predicted molar refractivity (Wildman–Crippen MR) is 99.6 cm³/mol. The molecule has 1 amide bonds. The van der Waals surface area contributed by atoms with Crippen LogP contribution in [0.15, 0.2) is 33.6 Å². The Labute approximate surface area is 159 Å². The first-order valence-corrected chi connectivity index (χ1v) is 10.6. The number of piperidine rings is 1. The molecule has 0 bridgehead atoms. The van der Waals surface area contributed by atoms with Gasteiger partial charge in [0.2, 0.25) is 15.9 Å². The molecule has 0 spiro atoms. The van der Waals surface area contributed by atoms with Crippen LogP contribution >= 0.6 is 0 Å². The summed E-state index contributed by atoms with van der Waals surface area (Å²) in [6, 6.07) is 6.29. The zero-order valence-corrected chi connectivity index (χ0v) is 16.3. The Morgan fingerprint density at radius 3 is 2.48 bits per heavy atom. The van der Waals surface area contributed by atoms with Gasteiger partial charge in [-0.3, -0.25) is 4.79 Å². The summed E-state index contributed by atoms with van der Waals surface area (Å²) in [6.07, 6.45) is 3.64. The number of carbonyl (C=O) groups excluding carboxylic acids is 1. The van der Waals surface area contributed by atoms with E-state index >= 15 is 0 Å². The zero-order chi connectivity index (χ0) is 19.4. The van der Waals surface area contributed by atoms with Gasteiger partial charge in [-0.1, -0.05) is 13.3 Å². The molecule has 1 aromatic carbocycles. The van der Waals surface area contributed by atoms with Crippen LogP contribution in [0.1, 0.15) is 50.2 Å². The van der Waals surface area contributed by atoms with Gasteiger partial charge in [-0.15, -0.1) is 10.2 Å². The quantitative estimate of drug-likeness (QED) is 0.809. The lowest BCUT2D eigenvalue weighted by Crippen LogP contribution is -2.35. The average molecular weight is 392 g/mol. The number of hydrogen-bond acceptors (Lipinski definition) is 6. The van der Waals surface area contributed by atoms with Crippen molar-refractivity contribution >= 4 is 15.9 Å². The van der Waals surface area contributed by atoms with Crippen molar-refractivity contribution in [2.45, 2.75) is 50.5 Å². The number of carbonyl (C=O) groups is 1. The molecule has 2 aromatic rings. The number of nitrogens with zero attached hydrogens (tertiary/aromatic N) is 3. The van der Waals surface area contributed by atoms with Crippen LogP contribution in [0.3, 0.4) is 0 Å². The molecule has 1 fully saturated rings. The van der Waals surface area contributed by atoms with Crippen molar-refractivity contribution in [3.63, 3.8) is 0 Å². The summed E-state index contributed by atoms with van der Waals surface area (Å²) in [7, 11) is -3.48. The summed E-state index contributed by atoms with van der Waals surface area (Å²) in [4.78, 5) is 12.3. The maximum absolute atomic E-state index is 12.7. The van der Waals surface area contributed by atoms with Crippen LogP contribution in [-0.4, -0.2) is 48.0 Å². The van der Waals surface area contributed by atoms with E-state index in [-0.39, 0.29) is 22.7 Å². The highest BCUT2D eigenvalue weighted by molar-refractivity contribution is 7.89. The molecule has 146 valence electrons. The Kier molecular flexibility index (Phi) is 5.91. The van der Waals surface area contributed by atoms with Crippen LogP contribution in [0.4, 0.5) is 0 Å². The van der Waals surface area contributed by atoms with Crippen molar-refractivity contribution in [1.29, 1.82) is 0 Å². The third-order valence-electron chi connectivity index (χ3n) is 4.66. The van der Waals surface area contributed by atoms with Gasteiger partial charge in [0.15, 0.2) is 0 Å². The molecule has 8 nitrogen and oxygen atoms in total. The van der Waals surface area contributed by atoms with Gasteiger partial charge in [0.1, 0.15) is 0 Å². The Morgan fingerprint density at radius 2 is 1.85 bits per heavy atom. The van der Waals surface area contributed by atoms with Crippen LogP contribution < -0.4 is 5.32 Å². The highest BCUT2D eigenvalue weighted by atomic mass is 32.2. The van der Waals surface area contributed by atoms with Gasteiger partial charge in [0, 0.05) is 24.7 Å². The fraction of sp³-hybridized carbons (Fsp3) is 0.500. The van der Waals surface area contributed by atoms with Crippen LogP contribution in [0.25, 0.3) is 11.5 Å². The molecular weight excluding hydrogens is 368 g/mol. The second-order valence-electron chi connectivity index (χ2n) is 6.68. The highest BCUT2D eigenvalue weighted by Gasteiger charge is 2.26. The maximum atomic E-state index is 12.7. The molecule has 27 heavy (non-hydrogen) atoms. The second kappa shape index (κ2) is 8.18. The molecule has 1 N–H and O–H groups in total. The first-order valence-electron chi connectivity index (χ1n) is 9.16. The minimum absolute atomic E-state index is 0.00660. The van der Waals surface area contributed by atoms with Crippen molar-refractivity contribution < 1.29 is 17.6 Å². The number of rotatable bonds is 6. The fourth-order valence-electron chi connectivity index (χ4n) is 2.84. The van der Waals surface area contributed by atoms with E-state index in [0.29, 0.717) is 18.7 Å². The molecule has 0 aliphatic carbocycles. The van der Waals surface area contributed by atoms with Crippen molar-refractivity contribution in [3.05, 3.63) is 30.2 Å². The van der Waals surface area contributed by atoms with Crippen molar-refractivity contribution in [2.75, 3.05) is 13.1 Å². The smallest absolute Gasteiger partial charge is 0.309 e. The number of benzene rings is 1. The molecule has 3 rings (SSSR count). The van der Waals surface area contributed by atoms with Gasteiger partial charge >= 0.3 is 11.8 Å². The third-order valence-corrected chi connectivity index (χ3v) is 6.58. The number of aromatic nitrogens is 2. The normalized spacial score (nSPS) is 16.8. The largest absolute Gasteiger partial charge is 0.412 e. The van der Waals surface area contributed by atoms with E-state index < -0.39 is 15.9 Å². The predicted octanol–water partition coefficient (Wildman–Crippen LogP) is 2.44. The van der Waals surface area contributed by atoms with E-state index in [0.717, 1.165) is 25.7 Å². The summed E-state index contributed by atoms with van der Waals surface area (Å²) >= 11 is 0. The van der Waals surface area contributed by atoms with Crippen LogP contribution in [0.5, 0.6) is 0 Å². The van der Waals surface area contributed by atoms with Crippen molar-refractivity contribution in [1.82, 2.24) is 19.8 Å².